The van der Waals surface area contributed by atoms with Crippen molar-refractivity contribution < 1.29 is 18.7 Å². The van der Waals surface area contributed by atoms with Crippen LogP contribution in [0.5, 0.6) is 5.88 Å². The van der Waals surface area contributed by atoms with E-state index >= 15 is 0 Å². The summed E-state index contributed by atoms with van der Waals surface area (Å²) in [5, 5.41) is 3.06. The molecular formula is C25H29FN6O3. The minimum Gasteiger partial charge on any atom is -0.474 e. The fraction of sp³-hybridized carbons (Fsp3) is 0.440. The van der Waals surface area contributed by atoms with E-state index in [1.807, 2.05) is 25.7 Å². The number of nitrogens with one attached hydrogen (secondary N) is 1. The summed E-state index contributed by atoms with van der Waals surface area (Å²) in [5.74, 6) is 0.527. The third-order valence-corrected chi connectivity index (χ3v) is 6.56. The van der Waals surface area contributed by atoms with Crippen LogP contribution in [0.2, 0.25) is 0 Å². The van der Waals surface area contributed by atoms with Gasteiger partial charge in [0.2, 0.25) is 5.88 Å². The number of amides is 1. The number of carbonyl (C=O) groups excluding carboxylic acids is 1. The first-order valence-corrected chi connectivity index (χ1v) is 11.9. The maximum absolute atomic E-state index is 14.8. The third kappa shape index (κ3) is 4.78. The van der Waals surface area contributed by atoms with Crippen LogP contribution >= 0.6 is 0 Å². The molecule has 1 N–H and O–H groups in total. The van der Waals surface area contributed by atoms with Crippen molar-refractivity contribution in [3.8, 4) is 11.6 Å². The Labute approximate surface area is 203 Å². The zero-order valence-corrected chi connectivity index (χ0v) is 20.0. The number of ether oxygens (including phenoxy) is 2. The lowest BCUT2D eigenvalue weighted by atomic mass is 10.0. The molecular weight excluding hydrogens is 451 g/mol. The molecule has 0 spiro atoms. The molecule has 10 heteroatoms. The molecule has 2 atom stereocenters. The smallest absolute Gasteiger partial charge is 0.410 e. The fourth-order valence-corrected chi connectivity index (χ4v) is 4.93. The lowest BCUT2D eigenvalue weighted by molar-refractivity contribution is 0.0207. The number of imidazole rings is 1. The highest BCUT2D eigenvalue weighted by Crippen LogP contribution is 2.38. The van der Waals surface area contributed by atoms with E-state index in [0.717, 1.165) is 25.7 Å². The van der Waals surface area contributed by atoms with Gasteiger partial charge in [-0.2, -0.15) is 0 Å². The summed E-state index contributed by atoms with van der Waals surface area (Å²) < 4.78 is 28.2. The van der Waals surface area contributed by atoms with Gasteiger partial charge in [0.15, 0.2) is 0 Å². The van der Waals surface area contributed by atoms with Gasteiger partial charge < -0.3 is 24.3 Å². The maximum atomic E-state index is 14.8. The Hall–Kier alpha value is -3.69. The molecule has 4 heterocycles. The van der Waals surface area contributed by atoms with E-state index in [-0.39, 0.29) is 30.4 Å². The molecule has 2 aliphatic rings. The molecule has 35 heavy (non-hydrogen) atoms. The molecule has 1 amide bonds. The predicted molar refractivity (Wildman–Crippen MR) is 127 cm³/mol. The van der Waals surface area contributed by atoms with Crippen LogP contribution < -0.4 is 10.1 Å². The van der Waals surface area contributed by atoms with Crippen molar-refractivity contribution in [3.63, 3.8) is 0 Å². The Kier molecular flexibility index (Phi) is 6.27. The monoisotopic (exact) mass is 480 g/mol. The van der Waals surface area contributed by atoms with Crippen LogP contribution in [0.15, 0.2) is 43.2 Å². The molecule has 2 aromatic heterocycles. The van der Waals surface area contributed by atoms with E-state index in [2.05, 4.69) is 20.3 Å². The average Bonchev–Trinajstić information content (AvgIpc) is 3.44. The van der Waals surface area contributed by atoms with Crippen molar-refractivity contribution in [2.24, 2.45) is 0 Å². The fourth-order valence-electron chi connectivity index (χ4n) is 4.93. The number of halogens is 1. The van der Waals surface area contributed by atoms with Crippen LogP contribution in [-0.4, -0.2) is 54.8 Å². The highest BCUT2D eigenvalue weighted by atomic mass is 19.1. The van der Waals surface area contributed by atoms with Gasteiger partial charge >= 0.3 is 6.09 Å². The van der Waals surface area contributed by atoms with Gasteiger partial charge in [0.1, 0.15) is 24.1 Å². The Balaban J connectivity index is 1.27. The Morgan fingerprint density at radius 2 is 1.97 bits per heavy atom. The summed E-state index contributed by atoms with van der Waals surface area (Å²) in [6.45, 7) is 5.57. The molecule has 2 saturated heterocycles. The third-order valence-electron chi connectivity index (χ3n) is 6.56. The van der Waals surface area contributed by atoms with Crippen LogP contribution in [-0.2, 0) is 4.74 Å². The first kappa shape index (κ1) is 23.1. The number of carbonyl (C=O) groups is 1. The molecule has 184 valence electrons. The van der Waals surface area contributed by atoms with Crippen molar-refractivity contribution in [2.45, 2.75) is 70.7 Å². The maximum Gasteiger partial charge on any atom is 0.410 e. The number of fused-ring (bicyclic) bond motifs is 2. The number of piperidine rings is 1. The minimum atomic E-state index is -0.408. The number of nitrogens with zero attached hydrogens (tertiary/aromatic N) is 5. The van der Waals surface area contributed by atoms with Crippen molar-refractivity contribution in [3.05, 3.63) is 54.6 Å². The summed E-state index contributed by atoms with van der Waals surface area (Å²) in [7, 11) is 0. The van der Waals surface area contributed by atoms with E-state index in [1.165, 1.54) is 12.4 Å². The molecule has 2 fully saturated rings. The van der Waals surface area contributed by atoms with Crippen LogP contribution in [0.4, 0.5) is 20.7 Å². The Morgan fingerprint density at radius 3 is 2.63 bits per heavy atom. The van der Waals surface area contributed by atoms with Crippen molar-refractivity contribution in [1.29, 1.82) is 0 Å². The van der Waals surface area contributed by atoms with E-state index in [9.17, 15) is 9.18 Å². The number of rotatable bonds is 6. The zero-order valence-electron chi connectivity index (χ0n) is 20.0. The predicted octanol–water partition coefficient (Wildman–Crippen LogP) is 4.77. The largest absolute Gasteiger partial charge is 0.474 e. The average molecular weight is 481 g/mol. The van der Waals surface area contributed by atoms with Crippen LogP contribution in [0.3, 0.4) is 0 Å². The van der Waals surface area contributed by atoms with Gasteiger partial charge in [-0.1, -0.05) is 0 Å². The molecule has 1 aromatic carbocycles. The zero-order chi connectivity index (χ0) is 24.5. The molecule has 0 radical (unpaired) electrons. The van der Waals surface area contributed by atoms with Gasteiger partial charge in [-0.15, -0.1) is 0 Å². The molecule has 2 bridgehead atoms. The topological polar surface area (TPSA) is 94.4 Å². The molecule has 2 unspecified atom stereocenters. The minimum absolute atomic E-state index is 0.0664. The first-order valence-electron chi connectivity index (χ1n) is 11.9. The van der Waals surface area contributed by atoms with Gasteiger partial charge in [0.25, 0.3) is 0 Å². The molecule has 5 rings (SSSR count). The SMILES string of the molecule is Cc1c(Nc2ccc(-n3ccnc3)cc2F)ncnc1OC1CC2CCC(C1)N2C(=O)OC(C)C. The van der Waals surface area contributed by atoms with Crippen molar-refractivity contribution in [1.82, 2.24) is 24.4 Å². The van der Waals surface area contributed by atoms with Gasteiger partial charge in [0, 0.05) is 49.1 Å². The van der Waals surface area contributed by atoms with Crippen LogP contribution in [0.25, 0.3) is 5.69 Å². The molecule has 9 nitrogen and oxygen atoms in total. The van der Waals surface area contributed by atoms with Crippen LogP contribution in [0.1, 0.15) is 45.1 Å². The Morgan fingerprint density at radius 1 is 1.20 bits per heavy atom. The normalized spacial score (nSPS) is 21.3. The molecule has 0 saturated carbocycles. The first-order chi connectivity index (χ1) is 16.9. The summed E-state index contributed by atoms with van der Waals surface area (Å²) in [5.41, 5.74) is 1.67. The van der Waals surface area contributed by atoms with Gasteiger partial charge in [0.05, 0.1) is 23.7 Å². The van der Waals surface area contributed by atoms with Crippen molar-refractivity contribution in [2.75, 3.05) is 5.32 Å². The second kappa shape index (κ2) is 9.52. The Bertz CT molecular complexity index is 1190. The van der Waals surface area contributed by atoms with Gasteiger partial charge in [-0.25, -0.2) is 24.1 Å². The molecule has 2 aliphatic heterocycles. The number of benzene rings is 1. The molecule has 3 aromatic rings. The lowest BCUT2D eigenvalue weighted by Crippen LogP contribution is -2.50. The van der Waals surface area contributed by atoms with Gasteiger partial charge in [-0.3, -0.25) is 0 Å². The van der Waals surface area contributed by atoms with Crippen LogP contribution in [0, 0.1) is 12.7 Å². The number of aromatic nitrogens is 4. The second-order valence-electron chi connectivity index (χ2n) is 9.35. The van der Waals surface area contributed by atoms with E-state index in [4.69, 9.17) is 9.47 Å². The summed E-state index contributed by atoms with van der Waals surface area (Å²) >= 11 is 0. The lowest BCUT2D eigenvalue weighted by Gasteiger charge is -2.38. The standard InChI is InChI=1S/C25H29FN6O3/c1-15(2)34-25(33)32-18-4-5-19(32)11-20(10-18)35-24-16(3)23(28-13-29-24)30-22-7-6-17(12-21(22)26)31-9-8-27-14-31/h6-9,12-15,18-20H,4-5,10-11H2,1-3H3,(H,28,29,30). The summed E-state index contributed by atoms with van der Waals surface area (Å²) in [6, 6.07) is 5.11. The van der Waals surface area contributed by atoms with Gasteiger partial charge in [-0.05, 0) is 45.7 Å². The highest BCUT2D eigenvalue weighted by molar-refractivity contribution is 5.69. The second-order valence-corrected chi connectivity index (χ2v) is 9.35. The quantitative estimate of drug-likeness (QED) is 0.543. The van der Waals surface area contributed by atoms with E-state index in [1.54, 1.807) is 35.4 Å². The number of anilines is 2. The number of hydrogen-bond acceptors (Lipinski definition) is 7. The molecule has 0 aliphatic carbocycles. The van der Waals surface area contributed by atoms with E-state index < -0.39 is 5.82 Å². The van der Waals surface area contributed by atoms with E-state index in [0.29, 0.717) is 28.6 Å². The summed E-state index contributed by atoms with van der Waals surface area (Å²) in [6.07, 6.45) is 9.31. The van der Waals surface area contributed by atoms with Crippen molar-refractivity contribution >= 4 is 17.6 Å². The number of hydrogen-bond donors (Lipinski definition) is 1. The summed E-state index contributed by atoms with van der Waals surface area (Å²) in [4.78, 5) is 27.0. The highest BCUT2D eigenvalue weighted by Gasteiger charge is 2.45.